The van der Waals surface area contributed by atoms with Crippen molar-refractivity contribution < 1.29 is 4.79 Å². The van der Waals surface area contributed by atoms with Gasteiger partial charge < -0.3 is 16.0 Å². The van der Waals surface area contributed by atoms with Gasteiger partial charge in [-0.3, -0.25) is 0 Å². The van der Waals surface area contributed by atoms with Crippen LogP contribution in [0, 0.1) is 0 Å². The Bertz CT molecular complexity index is 428. The smallest absolute Gasteiger partial charge is 0.318 e. The standard InChI is InChI=1S/C13H19N3O/c1-13(2)7-8-16(12(17)15-13)9-10-5-3-4-6-11(10)14/h3-6H,7-9,14H2,1-2H3,(H,15,17). The van der Waals surface area contributed by atoms with Crippen LogP contribution in [0.4, 0.5) is 10.5 Å². The Morgan fingerprint density at radius 1 is 1.41 bits per heavy atom. The number of urea groups is 1. The first-order chi connectivity index (χ1) is 7.98. The molecule has 2 amide bonds. The monoisotopic (exact) mass is 233 g/mol. The molecule has 92 valence electrons. The molecule has 4 heteroatoms. The predicted octanol–water partition coefficient (Wildman–Crippen LogP) is 1.96. The second-order valence-electron chi connectivity index (χ2n) is 5.18. The van der Waals surface area contributed by atoms with E-state index in [9.17, 15) is 4.79 Å². The van der Waals surface area contributed by atoms with Gasteiger partial charge in [0.2, 0.25) is 0 Å². The number of carbonyl (C=O) groups excluding carboxylic acids is 1. The van der Waals surface area contributed by atoms with Gasteiger partial charge in [-0.1, -0.05) is 18.2 Å². The van der Waals surface area contributed by atoms with Crippen molar-refractivity contribution in [3.05, 3.63) is 29.8 Å². The fourth-order valence-electron chi connectivity index (χ4n) is 1.98. The summed E-state index contributed by atoms with van der Waals surface area (Å²) in [6.07, 6.45) is 0.950. The number of carbonyl (C=O) groups is 1. The van der Waals surface area contributed by atoms with Crippen molar-refractivity contribution in [2.24, 2.45) is 0 Å². The van der Waals surface area contributed by atoms with Crippen LogP contribution in [0.1, 0.15) is 25.8 Å². The molecule has 1 heterocycles. The molecular weight excluding hydrogens is 214 g/mol. The number of para-hydroxylation sites is 1. The molecule has 0 unspecified atom stereocenters. The minimum Gasteiger partial charge on any atom is -0.398 e. The highest BCUT2D eigenvalue weighted by molar-refractivity contribution is 5.76. The van der Waals surface area contributed by atoms with Gasteiger partial charge in [0.1, 0.15) is 0 Å². The SMILES string of the molecule is CC1(C)CCN(Cc2ccccc2N)C(=O)N1. The molecule has 4 nitrogen and oxygen atoms in total. The van der Waals surface area contributed by atoms with Crippen LogP contribution < -0.4 is 11.1 Å². The largest absolute Gasteiger partial charge is 0.398 e. The third-order valence-corrected chi connectivity index (χ3v) is 3.16. The Morgan fingerprint density at radius 3 is 2.76 bits per heavy atom. The van der Waals surface area contributed by atoms with Crippen molar-refractivity contribution in [1.82, 2.24) is 10.2 Å². The maximum atomic E-state index is 11.9. The summed E-state index contributed by atoms with van der Waals surface area (Å²) in [5.41, 5.74) is 7.52. The highest BCUT2D eigenvalue weighted by Gasteiger charge is 2.30. The van der Waals surface area contributed by atoms with E-state index in [-0.39, 0.29) is 11.6 Å². The Balaban J connectivity index is 2.06. The van der Waals surface area contributed by atoms with Crippen LogP contribution in [0.15, 0.2) is 24.3 Å². The molecule has 1 aliphatic rings. The average molecular weight is 233 g/mol. The van der Waals surface area contributed by atoms with Gasteiger partial charge >= 0.3 is 6.03 Å². The minimum absolute atomic E-state index is 0.00972. The van der Waals surface area contributed by atoms with Crippen LogP contribution in [-0.2, 0) is 6.54 Å². The molecule has 0 atom stereocenters. The van der Waals surface area contributed by atoms with Crippen molar-refractivity contribution in [3.63, 3.8) is 0 Å². The van der Waals surface area contributed by atoms with Gasteiger partial charge in [-0.25, -0.2) is 4.79 Å². The molecule has 2 rings (SSSR count). The average Bonchev–Trinajstić information content (AvgIpc) is 2.24. The second-order valence-corrected chi connectivity index (χ2v) is 5.18. The topological polar surface area (TPSA) is 58.4 Å². The number of benzene rings is 1. The maximum Gasteiger partial charge on any atom is 0.318 e. The van der Waals surface area contributed by atoms with Crippen LogP contribution >= 0.6 is 0 Å². The van der Waals surface area contributed by atoms with Crippen LogP contribution in [-0.4, -0.2) is 23.0 Å². The molecule has 3 N–H and O–H groups in total. The molecule has 1 aromatic rings. The Morgan fingerprint density at radius 2 is 2.12 bits per heavy atom. The molecule has 0 bridgehead atoms. The highest BCUT2D eigenvalue weighted by Crippen LogP contribution is 2.19. The zero-order valence-corrected chi connectivity index (χ0v) is 10.4. The molecule has 0 aromatic heterocycles. The lowest BCUT2D eigenvalue weighted by Gasteiger charge is -2.38. The first-order valence-corrected chi connectivity index (χ1v) is 5.88. The van der Waals surface area contributed by atoms with E-state index in [1.54, 1.807) is 4.90 Å². The van der Waals surface area contributed by atoms with Gasteiger partial charge in [-0.2, -0.15) is 0 Å². The van der Waals surface area contributed by atoms with Crippen molar-refractivity contribution in [2.75, 3.05) is 12.3 Å². The van der Waals surface area contributed by atoms with E-state index in [0.29, 0.717) is 6.54 Å². The summed E-state index contributed by atoms with van der Waals surface area (Å²) in [4.78, 5) is 13.7. The van der Waals surface area contributed by atoms with Gasteiger partial charge in [-0.15, -0.1) is 0 Å². The zero-order valence-electron chi connectivity index (χ0n) is 10.4. The van der Waals surface area contributed by atoms with Gasteiger partial charge in [0.05, 0.1) is 0 Å². The number of rotatable bonds is 2. The number of anilines is 1. The van der Waals surface area contributed by atoms with E-state index in [1.807, 2.05) is 38.1 Å². The van der Waals surface area contributed by atoms with Crippen LogP contribution in [0.5, 0.6) is 0 Å². The first kappa shape index (κ1) is 11.8. The van der Waals surface area contributed by atoms with Crippen LogP contribution in [0.25, 0.3) is 0 Å². The maximum absolute atomic E-state index is 11.9. The number of nitrogens with two attached hydrogens (primary N) is 1. The molecule has 1 aromatic carbocycles. The molecule has 0 radical (unpaired) electrons. The van der Waals surface area contributed by atoms with Crippen molar-refractivity contribution in [1.29, 1.82) is 0 Å². The third-order valence-electron chi connectivity index (χ3n) is 3.16. The summed E-state index contributed by atoms with van der Waals surface area (Å²) in [5, 5.41) is 2.99. The Hall–Kier alpha value is -1.71. The highest BCUT2D eigenvalue weighted by atomic mass is 16.2. The van der Waals surface area contributed by atoms with Gasteiger partial charge in [0, 0.05) is 24.3 Å². The zero-order chi connectivity index (χ0) is 12.5. The van der Waals surface area contributed by atoms with Crippen molar-refractivity contribution in [2.45, 2.75) is 32.4 Å². The lowest BCUT2D eigenvalue weighted by atomic mass is 9.98. The summed E-state index contributed by atoms with van der Waals surface area (Å²) in [6, 6.07) is 7.66. The molecule has 17 heavy (non-hydrogen) atoms. The van der Waals surface area contributed by atoms with Crippen molar-refractivity contribution >= 4 is 11.7 Å². The fourth-order valence-corrected chi connectivity index (χ4v) is 1.98. The molecule has 1 aliphatic heterocycles. The Labute approximate surface area is 102 Å². The second kappa shape index (κ2) is 4.28. The van der Waals surface area contributed by atoms with E-state index < -0.39 is 0 Å². The number of nitrogens with zero attached hydrogens (tertiary/aromatic N) is 1. The fraction of sp³-hybridized carbons (Fsp3) is 0.462. The van der Waals surface area contributed by atoms with Crippen molar-refractivity contribution in [3.8, 4) is 0 Å². The minimum atomic E-state index is -0.101. The van der Waals surface area contributed by atoms with Crippen LogP contribution in [0.3, 0.4) is 0 Å². The molecule has 0 aliphatic carbocycles. The predicted molar refractivity (Wildman–Crippen MR) is 68.5 cm³/mol. The summed E-state index contributed by atoms with van der Waals surface area (Å²) in [7, 11) is 0. The molecule has 0 saturated carbocycles. The third kappa shape index (κ3) is 2.70. The van der Waals surface area contributed by atoms with Gasteiger partial charge in [0.25, 0.3) is 0 Å². The lowest BCUT2D eigenvalue weighted by Crippen LogP contribution is -2.56. The van der Waals surface area contributed by atoms with E-state index in [0.717, 1.165) is 24.2 Å². The van der Waals surface area contributed by atoms with E-state index >= 15 is 0 Å². The van der Waals surface area contributed by atoms with E-state index in [2.05, 4.69) is 5.32 Å². The number of hydrogen-bond donors (Lipinski definition) is 2. The van der Waals surface area contributed by atoms with Gasteiger partial charge in [-0.05, 0) is 31.9 Å². The lowest BCUT2D eigenvalue weighted by molar-refractivity contribution is 0.154. The summed E-state index contributed by atoms with van der Waals surface area (Å²) >= 11 is 0. The molecular formula is C13H19N3O. The quantitative estimate of drug-likeness (QED) is 0.767. The number of amides is 2. The first-order valence-electron chi connectivity index (χ1n) is 5.88. The summed E-state index contributed by atoms with van der Waals surface area (Å²) in [5.74, 6) is 0. The molecule has 1 fully saturated rings. The summed E-state index contributed by atoms with van der Waals surface area (Å²) in [6.45, 7) is 5.43. The van der Waals surface area contributed by atoms with E-state index in [1.165, 1.54) is 0 Å². The Kier molecular flexibility index (Phi) is 2.96. The number of nitrogen functional groups attached to an aromatic ring is 1. The number of nitrogens with one attached hydrogen (secondary N) is 1. The summed E-state index contributed by atoms with van der Waals surface area (Å²) < 4.78 is 0. The normalized spacial score (nSPS) is 18.9. The molecule has 0 spiro atoms. The van der Waals surface area contributed by atoms with Gasteiger partial charge in [0.15, 0.2) is 0 Å². The number of hydrogen-bond acceptors (Lipinski definition) is 2. The molecule has 1 saturated heterocycles. The van der Waals surface area contributed by atoms with E-state index in [4.69, 9.17) is 5.73 Å². The van der Waals surface area contributed by atoms with Crippen LogP contribution in [0.2, 0.25) is 0 Å².